The molecule has 1 aromatic rings. The van der Waals surface area contributed by atoms with Gasteiger partial charge in [-0.15, -0.1) is 0 Å². The van der Waals surface area contributed by atoms with Crippen molar-refractivity contribution >= 4 is 23.1 Å². The third-order valence-corrected chi connectivity index (χ3v) is 3.21. The van der Waals surface area contributed by atoms with Crippen molar-refractivity contribution in [3.63, 3.8) is 0 Å². The van der Waals surface area contributed by atoms with Crippen LogP contribution in [0.4, 0.5) is 11.4 Å². The van der Waals surface area contributed by atoms with Crippen molar-refractivity contribution in [1.29, 1.82) is 0 Å². The predicted molar refractivity (Wildman–Crippen MR) is 78.1 cm³/mol. The van der Waals surface area contributed by atoms with Gasteiger partial charge in [0, 0.05) is 35.3 Å². The number of thioether (sulfide) groups is 1. The summed E-state index contributed by atoms with van der Waals surface area (Å²) < 4.78 is 5.48. The van der Waals surface area contributed by atoms with Gasteiger partial charge in [-0.05, 0) is 25.7 Å². The number of benzene rings is 1. The molecule has 3 N–H and O–H groups in total. The Labute approximate surface area is 108 Å². The zero-order chi connectivity index (χ0) is 12.7. The lowest BCUT2D eigenvalue weighted by Crippen LogP contribution is -2.21. The van der Waals surface area contributed by atoms with Crippen molar-refractivity contribution in [2.45, 2.75) is 26.3 Å². The van der Waals surface area contributed by atoms with Crippen LogP contribution in [0.3, 0.4) is 0 Å². The molecule has 17 heavy (non-hydrogen) atoms. The van der Waals surface area contributed by atoms with Crippen LogP contribution in [0.2, 0.25) is 0 Å². The van der Waals surface area contributed by atoms with Gasteiger partial charge in [-0.2, -0.15) is 11.8 Å². The van der Waals surface area contributed by atoms with Crippen LogP contribution in [0.25, 0.3) is 0 Å². The lowest BCUT2D eigenvalue weighted by Gasteiger charge is -2.18. The molecule has 0 bridgehead atoms. The number of hydrogen-bond acceptors (Lipinski definition) is 4. The second-order valence-electron chi connectivity index (χ2n) is 3.93. The summed E-state index contributed by atoms with van der Waals surface area (Å²) >= 11 is 1.85. The normalized spacial score (nSPS) is 12.2. The van der Waals surface area contributed by atoms with Gasteiger partial charge in [0.1, 0.15) is 5.75 Å². The summed E-state index contributed by atoms with van der Waals surface area (Å²) in [6.45, 7) is 4.81. The van der Waals surface area contributed by atoms with Gasteiger partial charge in [0.15, 0.2) is 0 Å². The van der Waals surface area contributed by atoms with Crippen molar-refractivity contribution < 1.29 is 4.74 Å². The molecule has 1 unspecified atom stereocenters. The monoisotopic (exact) mass is 254 g/mol. The summed E-state index contributed by atoms with van der Waals surface area (Å²) in [6.07, 6.45) is 3.22. The summed E-state index contributed by atoms with van der Waals surface area (Å²) in [5.41, 5.74) is 7.63. The summed E-state index contributed by atoms with van der Waals surface area (Å²) in [7, 11) is 0. The van der Waals surface area contributed by atoms with E-state index in [9.17, 15) is 0 Å². The first-order valence-corrected chi connectivity index (χ1v) is 7.37. The average molecular weight is 254 g/mol. The standard InChI is InChI=1S/C13H22N2OS/c1-4-11(9-17-3)15-12-6-10(14)7-13(8-12)16-5-2/h6-8,11,15H,4-5,9,14H2,1-3H3. The molecular weight excluding hydrogens is 232 g/mol. The average Bonchev–Trinajstić information content (AvgIpc) is 2.28. The number of rotatable bonds is 7. The highest BCUT2D eigenvalue weighted by atomic mass is 32.2. The highest BCUT2D eigenvalue weighted by Crippen LogP contribution is 2.23. The van der Waals surface area contributed by atoms with Gasteiger partial charge in [0.25, 0.3) is 0 Å². The Hall–Kier alpha value is -1.03. The summed E-state index contributed by atoms with van der Waals surface area (Å²) in [5.74, 6) is 1.92. The van der Waals surface area contributed by atoms with E-state index in [1.54, 1.807) is 0 Å². The third-order valence-electron chi connectivity index (χ3n) is 2.47. The van der Waals surface area contributed by atoms with E-state index in [1.807, 2.05) is 36.9 Å². The van der Waals surface area contributed by atoms with Crippen LogP contribution < -0.4 is 15.8 Å². The molecule has 1 atom stereocenters. The van der Waals surface area contributed by atoms with Crippen molar-refractivity contribution in [3.05, 3.63) is 18.2 Å². The summed E-state index contributed by atoms with van der Waals surface area (Å²) in [4.78, 5) is 0. The molecule has 1 rings (SSSR count). The van der Waals surface area contributed by atoms with Gasteiger partial charge < -0.3 is 15.8 Å². The van der Waals surface area contributed by atoms with Gasteiger partial charge in [0.2, 0.25) is 0 Å². The minimum absolute atomic E-state index is 0.473. The van der Waals surface area contributed by atoms with E-state index in [2.05, 4.69) is 18.5 Å². The van der Waals surface area contributed by atoms with Crippen molar-refractivity contribution in [3.8, 4) is 5.75 Å². The maximum absolute atomic E-state index is 5.86. The Morgan fingerprint density at radius 3 is 2.71 bits per heavy atom. The fourth-order valence-electron chi connectivity index (χ4n) is 1.65. The molecule has 0 aromatic heterocycles. The van der Waals surface area contributed by atoms with Gasteiger partial charge in [-0.1, -0.05) is 6.92 Å². The SMILES string of the molecule is CCOc1cc(N)cc(NC(CC)CSC)c1. The zero-order valence-electron chi connectivity index (χ0n) is 10.8. The number of anilines is 2. The van der Waals surface area contributed by atoms with E-state index in [0.29, 0.717) is 12.6 Å². The Bertz CT molecular complexity index is 344. The molecule has 3 nitrogen and oxygen atoms in total. The predicted octanol–water partition coefficient (Wildman–Crippen LogP) is 3.22. The van der Waals surface area contributed by atoms with E-state index in [-0.39, 0.29) is 0 Å². The first-order chi connectivity index (χ1) is 8.19. The number of nitrogens with two attached hydrogens (primary N) is 1. The van der Waals surface area contributed by atoms with E-state index in [4.69, 9.17) is 10.5 Å². The molecule has 96 valence electrons. The zero-order valence-corrected chi connectivity index (χ0v) is 11.6. The highest BCUT2D eigenvalue weighted by Gasteiger charge is 2.06. The van der Waals surface area contributed by atoms with Crippen LogP contribution >= 0.6 is 11.8 Å². The van der Waals surface area contributed by atoms with Crippen molar-refractivity contribution in [1.82, 2.24) is 0 Å². The maximum atomic E-state index is 5.86. The van der Waals surface area contributed by atoms with Crippen LogP contribution in [0, 0.1) is 0 Å². The van der Waals surface area contributed by atoms with E-state index in [1.165, 1.54) is 0 Å². The molecule has 0 amide bonds. The van der Waals surface area contributed by atoms with Crippen molar-refractivity contribution in [2.24, 2.45) is 0 Å². The Morgan fingerprint density at radius 1 is 1.35 bits per heavy atom. The fourth-order valence-corrected chi connectivity index (χ4v) is 2.38. The number of ether oxygens (including phenoxy) is 1. The Kier molecular flexibility index (Phi) is 6.05. The summed E-state index contributed by atoms with van der Waals surface area (Å²) in [5, 5.41) is 3.49. The van der Waals surface area contributed by atoms with Crippen LogP contribution in [-0.2, 0) is 0 Å². The van der Waals surface area contributed by atoms with Crippen LogP contribution in [0.5, 0.6) is 5.75 Å². The highest BCUT2D eigenvalue weighted by molar-refractivity contribution is 7.98. The molecule has 4 heteroatoms. The largest absolute Gasteiger partial charge is 0.494 e. The molecule has 0 aliphatic rings. The number of nitrogens with one attached hydrogen (secondary N) is 1. The van der Waals surface area contributed by atoms with Crippen LogP contribution in [0.15, 0.2) is 18.2 Å². The van der Waals surface area contributed by atoms with Gasteiger partial charge >= 0.3 is 0 Å². The summed E-state index contributed by atoms with van der Waals surface area (Å²) in [6, 6.07) is 6.28. The molecule has 0 spiro atoms. The third kappa shape index (κ3) is 4.77. The molecular formula is C13H22N2OS. The quantitative estimate of drug-likeness (QED) is 0.733. The van der Waals surface area contributed by atoms with E-state index in [0.717, 1.165) is 29.3 Å². The maximum Gasteiger partial charge on any atom is 0.123 e. The molecule has 1 aromatic carbocycles. The first kappa shape index (κ1) is 14.0. The smallest absolute Gasteiger partial charge is 0.123 e. The lowest BCUT2D eigenvalue weighted by molar-refractivity contribution is 0.340. The Balaban J connectivity index is 2.75. The van der Waals surface area contributed by atoms with Crippen LogP contribution in [-0.4, -0.2) is 24.7 Å². The molecule has 0 aliphatic heterocycles. The second-order valence-corrected chi connectivity index (χ2v) is 4.84. The fraction of sp³-hybridized carbons (Fsp3) is 0.538. The first-order valence-electron chi connectivity index (χ1n) is 5.98. The molecule has 0 fully saturated rings. The topological polar surface area (TPSA) is 47.3 Å². The van der Waals surface area contributed by atoms with Gasteiger partial charge in [-0.25, -0.2) is 0 Å². The molecule has 0 saturated heterocycles. The number of hydrogen-bond donors (Lipinski definition) is 2. The second kappa shape index (κ2) is 7.33. The van der Waals surface area contributed by atoms with E-state index < -0.39 is 0 Å². The lowest BCUT2D eigenvalue weighted by atomic mass is 10.2. The minimum Gasteiger partial charge on any atom is -0.494 e. The molecule has 0 radical (unpaired) electrons. The Morgan fingerprint density at radius 2 is 2.12 bits per heavy atom. The number of nitrogen functional groups attached to an aromatic ring is 1. The van der Waals surface area contributed by atoms with Gasteiger partial charge in [-0.3, -0.25) is 0 Å². The van der Waals surface area contributed by atoms with Gasteiger partial charge in [0.05, 0.1) is 6.61 Å². The van der Waals surface area contributed by atoms with Crippen LogP contribution in [0.1, 0.15) is 20.3 Å². The molecule has 0 aliphatic carbocycles. The van der Waals surface area contributed by atoms with E-state index >= 15 is 0 Å². The van der Waals surface area contributed by atoms with Crippen molar-refractivity contribution in [2.75, 3.05) is 29.7 Å². The molecule has 0 heterocycles. The minimum atomic E-state index is 0.473. The molecule has 0 saturated carbocycles.